The van der Waals surface area contributed by atoms with Crippen LogP contribution < -0.4 is 5.73 Å². The maximum Gasteiger partial charge on any atom is 0.416 e. The van der Waals surface area contributed by atoms with Gasteiger partial charge in [0, 0.05) is 12.1 Å². The van der Waals surface area contributed by atoms with Gasteiger partial charge in [0.1, 0.15) is 6.61 Å². The molecule has 2 N–H and O–H groups in total. The molecule has 0 aliphatic carbocycles. The van der Waals surface area contributed by atoms with Crippen LogP contribution in [0.2, 0.25) is 0 Å². The Morgan fingerprint density at radius 2 is 2.06 bits per heavy atom. The molecule has 0 aliphatic heterocycles. The molecule has 0 radical (unpaired) electrons. The van der Waals surface area contributed by atoms with Crippen molar-refractivity contribution >= 4 is 5.78 Å². The van der Waals surface area contributed by atoms with E-state index in [1.807, 2.05) is 0 Å². The monoisotopic (exact) mass is 261 g/mol. The average molecular weight is 261 g/mol. The van der Waals surface area contributed by atoms with E-state index in [-0.39, 0.29) is 30.1 Å². The molecule has 0 atom stereocenters. The van der Waals surface area contributed by atoms with E-state index in [9.17, 15) is 18.0 Å². The Bertz CT molecular complexity index is 430. The zero-order valence-electron chi connectivity index (χ0n) is 9.88. The van der Waals surface area contributed by atoms with Gasteiger partial charge < -0.3 is 10.5 Å². The van der Waals surface area contributed by atoms with Crippen molar-refractivity contribution in [3.05, 3.63) is 34.9 Å². The fraction of sp³-hybridized carbons (Fsp3) is 0.417. The second-order valence-corrected chi connectivity index (χ2v) is 3.79. The number of hydrogen-bond donors (Lipinski definition) is 1. The number of nitrogens with two attached hydrogens (primary N) is 1. The van der Waals surface area contributed by atoms with Crippen molar-refractivity contribution in [3.8, 4) is 0 Å². The van der Waals surface area contributed by atoms with Gasteiger partial charge in [0.2, 0.25) is 0 Å². The Balaban J connectivity index is 2.82. The number of carbonyl (C=O) groups is 1. The first kappa shape index (κ1) is 14.7. The van der Waals surface area contributed by atoms with E-state index < -0.39 is 11.7 Å². The number of benzene rings is 1. The van der Waals surface area contributed by atoms with Crippen molar-refractivity contribution in [3.63, 3.8) is 0 Å². The maximum absolute atomic E-state index is 12.4. The molecule has 0 unspecified atom stereocenters. The van der Waals surface area contributed by atoms with Crippen molar-refractivity contribution in [1.29, 1.82) is 0 Å². The summed E-state index contributed by atoms with van der Waals surface area (Å²) in [5.74, 6) is -0.352. The Hall–Kier alpha value is -1.40. The van der Waals surface area contributed by atoms with Crippen molar-refractivity contribution < 1.29 is 22.7 Å². The number of alkyl halides is 3. The van der Waals surface area contributed by atoms with E-state index in [1.54, 1.807) is 0 Å². The van der Waals surface area contributed by atoms with E-state index >= 15 is 0 Å². The molecule has 0 spiro atoms. The quantitative estimate of drug-likeness (QED) is 0.653. The highest BCUT2D eigenvalue weighted by molar-refractivity contribution is 5.98. The first-order chi connectivity index (χ1) is 8.36. The molecule has 0 amide bonds. The summed E-state index contributed by atoms with van der Waals surface area (Å²) in [7, 11) is 0. The summed E-state index contributed by atoms with van der Waals surface area (Å²) in [6.07, 6.45) is -4.40. The van der Waals surface area contributed by atoms with Crippen LogP contribution in [-0.4, -0.2) is 25.5 Å². The molecule has 1 aromatic rings. The summed E-state index contributed by atoms with van der Waals surface area (Å²) in [4.78, 5) is 11.7. The molecule has 18 heavy (non-hydrogen) atoms. The van der Waals surface area contributed by atoms with Gasteiger partial charge in [-0.2, -0.15) is 13.2 Å². The summed E-state index contributed by atoms with van der Waals surface area (Å²) < 4.78 is 42.2. The Kier molecular flexibility index (Phi) is 4.86. The lowest BCUT2D eigenvalue weighted by Crippen LogP contribution is -2.16. The van der Waals surface area contributed by atoms with Crippen LogP contribution in [0.3, 0.4) is 0 Å². The Labute approximate surface area is 103 Å². The highest BCUT2D eigenvalue weighted by Gasteiger charge is 2.30. The van der Waals surface area contributed by atoms with E-state index in [4.69, 9.17) is 10.5 Å². The van der Waals surface area contributed by atoms with Crippen LogP contribution in [0.1, 0.15) is 21.5 Å². The molecule has 0 saturated carbocycles. The van der Waals surface area contributed by atoms with Crippen molar-refractivity contribution in [1.82, 2.24) is 0 Å². The number of ether oxygens (including phenoxy) is 1. The zero-order valence-corrected chi connectivity index (χ0v) is 9.88. The van der Waals surface area contributed by atoms with Crippen LogP contribution >= 0.6 is 0 Å². The minimum atomic E-state index is -4.40. The van der Waals surface area contributed by atoms with E-state index in [0.29, 0.717) is 6.54 Å². The Morgan fingerprint density at radius 3 is 2.56 bits per heavy atom. The lowest BCUT2D eigenvalue weighted by Gasteiger charge is -2.10. The lowest BCUT2D eigenvalue weighted by molar-refractivity contribution is -0.137. The van der Waals surface area contributed by atoms with Crippen LogP contribution in [0.15, 0.2) is 18.2 Å². The zero-order chi connectivity index (χ0) is 13.8. The predicted octanol–water partition coefficient (Wildman–Crippen LogP) is 2.17. The Morgan fingerprint density at radius 1 is 1.39 bits per heavy atom. The topological polar surface area (TPSA) is 52.3 Å². The van der Waals surface area contributed by atoms with Gasteiger partial charge in [-0.05, 0) is 24.6 Å². The molecule has 1 rings (SSSR count). The minimum absolute atomic E-state index is 0.177. The molecule has 0 bridgehead atoms. The van der Waals surface area contributed by atoms with Gasteiger partial charge in [0.05, 0.1) is 12.2 Å². The molecule has 0 saturated heterocycles. The summed E-state index contributed by atoms with van der Waals surface area (Å²) >= 11 is 0. The third kappa shape index (κ3) is 3.82. The van der Waals surface area contributed by atoms with Crippen LogP contribution in [0.5, 0.6) is 0 Å². The fourth-order valence-corrected chi connectivity index (χ4v) is 1.48. The number of rotatable bonds is 5. The molecule has 1 aromatic carbocycles. The van der Waals surface area contributed by atoms with Crippen molar-refractivity contribution in [2.45, 2.75) is 13.1 Å². The number of Topliss-reactive ketones (excluding diaryl/α,β-unsaturated/α-hetero) is 1. The number of carbonyl (C=O) groups excluding carboxylic acids is 1. The van der Waals surface area contributed by atoms with E-state index in [1.165, 1.54) is 13.0 Å². The molecular weight excluding hydrogens is 247 g/mol. The van der Waals surface area contributed by atoms with Gasteiger partial charge >= 0.3 is 6.18 Å². The third-order valence-corrected chi connectivity index (χ3v) is 2.35. The number of hydrogen-bond acceptors (Lipinski definition) is 3. The second-order valence-electron chi connectivity index (χ2n) is 3.79. The van der Waals surface area contributed by atoms with Crippen LogP contribution in [0.4, 0.5) is 13.2 Å². The SMILES string of the molecule is Cc1cc(C(F)(F)F)ccc1C(=O)COCCN. The lowest BCUT2D eigenvalue weighted by atomic mass is 10.0. The molecule has 3 nitrogen and oxygen atoms in total. The third-order valence-electron chi connectivity index (χ3n) is 2.35. The highest BCUT2D eigenvalue weighted by Crippen LogP contribution is 2.30. The standard InChI is InChI=1S/C12H14F3NO2/c1-8-6-9(12(13,14)15)2-3-10(8)11(17)7-18-5-4-16/h2-3,6H,4-5,7,16H2,1H3. The molecular formula is C12H14F3NO2. The minimum Gasteiger partial charge on any atom is -0.372 e. The summed E-state index contributed by atoms with van der Waals surface area (Å²) in [5, 5.41) is 0. The van der Waals surface area contributed by atoms with Gasteiger partial charge in [-0.25, -0.2) is 0 Å². The van der Waals surface area contributed by atoms with Gasteiger partial charge in [-0.1, -0.05) is 6.07 Å². The number of aryl methyl sites for hydroxylation is 1. The first-order valence-corrected chi connectivity index (χ1v) is 5.35. The van der Waals surface area contributed by atoms with Gasteiger partial charge in [0.15, 0.2) is 5.78 Å². The predicted molar refractivity (Wildman–Crippen MR) is 60.4 cm³/mol. The molecule has 0 aromatic heterocycles. The summed E-state index contributed by atoms with van der Waals surface area (Å²) in [6, 6.07) is 3.02. The summed E-state index contributed by atoms with van der Waals surface area (Å²) in [5.41, 5.74) is 4.94. The average Bonchev–Trinajstić information content (AvgIpc) is 2.27. The molecule has 100 valence electrons. The van der Waals surface area contributed by atoms with Crippen LogP contribution in [0, 0.1) is 6.92 Å². The van der Waals surface area contributed by atoms with Gasteiger partial charge in [-0.15, -0.1) is 0 Å². The van der Waals surface area contributed by atoms with Crippen molar-refractivity contribution in [2.75, 3.05) is 19.8 Å². The normalized spacial score (nSPS) is 11.6. The van der Waals surface area contributed by atoms with E-state index in [0.717, 1.165) is 12.1 Å². The second kappa shape index (κ2) is 5.97. The van der Waals surface area contributed by atoms with Crippen LogP contribution in [0.25, 0.3) is 0 Å². The molecule has 0 fully saturated rings. The van der Waals surface area contributed by atoms with Gasteiger partial charge in [0.25, 0.3) is 0 Å². The maximum atomic E-state index is 12.4. The molecule has 0 aliphatic rings. The number of ketones is 1. The fourth-order valence-electron chi connectivity index (χ4n) is 1.48. The van der Waals surface area contributed by atoms with Crippen molar-refractivity contribution in [2.24, 2.45) is 5.73 Å². The van der Waals surface area contributed by atoms with Crippen LogP contribution in [-0.2, 0) is 10.9 Å². The largest absolute Gasteiger partial charge is 0.416 e. The molecule has 6 heteroatoms. The first-order valence-electron chi connectivity index (χ1n) is 5.35. The van der Waals surface area contributed by atoms with Gasteiger partial charge in [-0.3, -0.25) is 4.79 Å². The summed E-state index contributed by atoms with van der Waals surface area (Å²) in [6.45, 7) is 1.82. The smallest absolute Gasteiger partial charge is 0.372 e. The highest BCUT2D eigenvalue weighted by atomic mass is 19.4. The number of halogens is 3. The van der Waals surface area contributed by atoms with E-state index in [2.05, 4.69) is 0 Å². The molecule has 0 heterocycles.